The summed E-state index contributed by atoms with van der Waals surface area (Å²) in [6, 6.07) is 5.27. The van der Waals surface area contributed by atoms with Crippen molar-refractivity contribution in [1.29, 1.82) is 0 Å². The van der Waals surface area contributed by atoms with Gasteiger partial charge in [0.1, 0.15) is 5.75 Å². The van der Waals surface area contributed by atoms with Gasteiger partial charge in [0, 0.05) is 32.9 Å². The summed E-state index contributed by atoms with van der Waals surface area (Å²) in [5.41, 5.74) is 0.602. The van der Waals surface area contributed by atoms with Crippen LogP contribution in [0.1, 0.15) is 10.4 Å². The van der Waals surface area contributed by atoms with Crippen molar-refractivity contribution < 1.29 is 19.0 Å². The molecule has 1 rings (SSSR count). The molecule has 0 aliphatic carbocycles. The van der Waals surface area contributed by atoms with E-state index in [2.05, 4.69) is 15.9 Å². The first-order chi connectivity index (χ1) is 9.63. The molecule has 0 radical (unpaired) electrons. The topological polar surface area (TPSA) is 48.0 Å². The molecular formula is C14H20BrNO4. The fourth-order valence-electron chi connectivity index (χ4n) is 1.70. The van der Waals surface area contributed by atoms with Crippen LogP contribution in [0.2, 0.25) is 0 Å². The minimum Gasteiger partial charge on any atom is -0.496 e. The highest BCUT2D eigenvalue weighted by Gasteiger charge is 2.16. The summed E-state index contributed by atoms with van der Waals surface area (Å²) in [4.78, 5) is 14.2. The van der Waals surface area contributed by atoms with Gasteiger partial charge in [0.15, 0.2) is 0 Å². The number of nitrogens with zero attached hydrogens (tertiary/aromatic N) is 1. The fraction of sp³-hybridized carbons (Fsp3) is 0.500. The molecule has 20 heavy (non-hydrogen) atoms. The van der Waals surface area contributed by atoms with E-state index in [0.717, 1.165) is 4.47 Å². The van der Waals surface area contributed by atoms with Gasteiger partial charge >= 0.3 is 0 Å². The monoisotopic (exact) mass is 345 g/mol. The molecule has 0 aliphatic heterocycles. The minimum atomic E-state index is -0.0533. The summed E-state index contributed by atoms with van der Waals surface area (Å²) in [5, 5.41) is 0. The molecule has 0 aromatic heterocycles. The maximum atomic E-state index is 12.5. The molecule has 0 spiro atoms. The van der Waals surface area contributed by atoms with Crippen LogP contribution in [0.15, 0.2) is 22.7 Å². The van der Waals surface area contributed by atoms with Gasteiger partial charge < -0.3 is 19.1 Å². The molecule has 0 saturated carbocycles. The van der Waals surface area contributed by atoms with E-state index in [0.29, 0.717) is 37.6 Å². The van der Waals surface area contributed by atoms with Crippen LogP contribution >= 0.6 is 15.9 Å². The minimum absolute atomic E-state index is 0.0533. The quantitative estimate of drug-likeness (QED) is 0.724. The standard InChI is InChI=1S/C14H20BrNO4/c1-18-8-6-16(7-9-19-2)14(17)11-4-5-13(20-3)12(15)10-11/h4-5,10H,6-9H2,1-3H3. The number of amides is 1. The number of carbonyl (C=O) groups excluding carboxylic acids is 1. The van der Waals surface area contributed by atoms with Crippen LogP contribution in [0.4, 0.5) is 0 Å². The molecule has 0 atom stereocenters. The molecule has 0 bridgehead atoms. The van der Waals surface area contributed by atoms with Crippen LogP contribution in [-0.4, -0.2) is 58.4 Å². The Balaban J connectivity index is 2.84. The Kier molecular flexibility index (Phi) is 7.58. The zero-order valence-corrected chi connectivity index (χ0v) is 13.6. The normalized spacial score (nSPS) is 10.4. The summed E-state index contributed by atoms with van der Waals surface area (Å²) in [6.07, 6.45) is 0. The predicted octanol–water partition coefficient (Wildman–Crippen LogP) is 2.19. The Labute approximate surface area is 127 Å². The van der Waals surface area contributed by atoms with Crippen molar-refractivity contribution in [3.8, 4) is 5.75 Å². The molecule has 0 aliphatic rings. The Hall–Kier alpha value is -1.11. The number of hydrogen-bond acceptors (Lipinski definition) is 4. The zero-order chi connectivity index (χ0) is 15.0. The second kappa shape index (κ2) is 8.94. The lowest BCUT2D eigenvalue weighted by Gasteiger charge is -2.22. The largest absolute Gasteiger partial charge is 0.496 e. The number of carbonyl (C=O) groups is 1. The number of rotatable bonds is 8. The van der Waals surface area contributed by atoms with Crippen LogP contribution in [0, 0.1) is 0 Å². The van der Waals surface area contributed by atoms with Gasteiger partial charge in [-0.1, -0.05) is 0 Å². The van der Waals surface area contributed by atoms with Gasteiger partial charge in [-0.3, -0.25) is 4.79 Å². The molecule has 6 heteroatoms. The highest BCUT2D eigenvalue weighted by molar-refractivity contribution is 9.10. The summed E-state index contributed by atoms with van der Waals surface area (Å²) in [5.74, 6) is 0.643. The molecule has 1 amide bonds. The van der Waals surface area contributed by atoms with Crippen LogP contribution in [0.25, 0.3) is 0 Å². The molecule has 0 unspecified atom stereocenters. The Morgan fingerprint density at radius 3 is 2.20 bits per heavy atom. The van der Waals surface area contributed by atoms with Crippen LogP contribution in [-0.2, 0) is 9.47 Å². The van der Waals surface area contributed by atoms with Crippen LogP contribution in [0.3, 0.4) is 0 Å². The third-order valence-corrected chi connectivity index (χ3v) is 3.44. The molecule has 0 N–H and O–H groups in total. The van der Waals surface area contributed by atoms with Crippen molar-refractivity contribution in [1.82, 2.24) is 4.90 Å². The summed E-state index contributed by atoms with van der Waals surface area (Å²) in [6.45, 7) is 2.05. The first kappa shape index (κ1) is 16.9. The Morgan fingerprint density at radius 2 is 1.75 bits per heavy atom. The Morgan fingerprint density at radius 1 is 1.15 bits per heavy atom. The lowest BCUT2D eigenvalue weighted by molar-refractivity contribution is 0.0627. The third-order valence-electron chi connectivity index (χ3n) is 2.82. The summed E-state index contributed by atoms with van der Waals surface area (Å²) >= 11 is 3.38. The first-order valence-corrected chi connectivity index (χ1v) is 7.04. The maximum absolute atomic E-state index is 12.5. The lowest BCUT2D eigenvalue weighted by Crippen LogP contribution is -2.36. The average Bonchev–Trinajstić information content (AvgIpc) is 2.46. The summed E-state index contributed by atoms with van der Waals surface area (Å²) in [7, 11) is 4.82. The number of ether oxygens (including phenoxy) is 3. The molecule has 0 heterocycles. The van der Waals surface area contributed by atoms with E-state index in [1.54, 1.807) is 44.4 Å². The molecule has 112 valence electrons. The van der Waals surface area contributed by atoms with E-state index in [1.807, 2.05) is 0 Å². The highest BCUT2D eigenvalue weighted by atomic mass is 79.9. The number of hydrogen-bond donors (Lipinski definition) is 0. The Bertz CT molecular complexity index is 431. The predicted molar refractivity (Wildman–Crippen MR) is 80.3 cm³/mol. The fourth-order valence-corrected chi connectivity index (χ4v) is 2.24. The van der Waals surface area contributed by atoms with Crippen LogP contribution < -0.4 is 4.74 Å². The second-order valence-electron chi connectivity index (χ2n) is 4.13. The number of benzene rings is 1. The molecule has 5 nitrogen and oxygen atoms in total. The van der Waals surface area contributed by atoms with E-state index in [9.17, 15) is 4.79 Å². The van der Waals surface area contributed by atoms with Crippen molar-refractivity contribution in [3.63, 3.8) is 0 Å². The second-order valence-corrected chi connectivity index (χ2v) is 4.98. The molecule has 0 fully saturated rings. The molecular weight excluding hydrogens is 326 g/mol. The van der Waals surface area contributed by atoms with E-state index >= 15 is 0 Å². The molecule has 0 saturated heterocycles. The van der Waals surface area contributed by atoms with Gasteiger partial charge in [-0.25, -0.2) is 0 Å². The van der Waals surface area contributed by atoms with E-state index in [4.69, 9.17) is 14.2 Å². The number of halogens is 1. The smallest absolute Gasteiger partial charge is 0.254 e. The highest BCUT2D eigenvalue weighted by Crippen LogP contribution is 2.26. The zero-order valence-electron chi connectivity index (χ0n) is 12.0. The SMILES string of the molecule is COCCN(CCOC)C(=O)c1ccc(OC)c(Br)c1. The third kappa shape index (κ3) is 4.77. The lowest BCUT2D eigenvalue weighted by atomic mass is 10.2. The maximum Gasteiger partial charge on any atom is 0.254 e. The van der Waals surface area contributed by atoms with Gasteiger partial charge in [-0.2, -0.15) is 0 Å². The first-order valence-electron chi connectivity index (χ1n) is 6.24. The molecule has 1 aromatic carbocycles. The molecule has 1 aromatic rings. The average molecular weight is 346 g/mol. The van der Waals surface area contributed by atoms with Gasteiger partial charge in [0.05, 0.1) is 24.8 Å². The van der Waals surface area contributed by atoms with Crippen molar-refractivity contribution in [2.45, 2.75) is 0 Å². The van der Waals surface area contributed by atoms with E-state index < -0.39 is 0 Å². The van der Waals surface area contributed by atoms with Gasteiger partial charge in [-0.05, 0) is 34.1 Å². The van der Waals surface area contributed by atoms with Crippen molar-refractivity contribution in [3.05, 3.63) is 28.2 Å². The van der Waals surface area contributed by atoms with E-state index in [-0.39, 0.29) is 5.91 Å². The van der Waals surface area contributed by atoms with Gasteiger partial charge in [0.2, 0.25) is 0 Å². The van der Waals surface area contributed by atoms with Crippen LogP contribution in [0.5, 0.6) is 5.75 Å². The van der Waals surface area contributed by atoms with E-state index in [1.165, 1.54) is 0 Å². The van der Waals surface area contributed by atoms with Crippen molar-refractivity contribution in [2.24, 2.45) is 0 Å². The number of methoxy groups -OCH3 is 3. The van der Waals surface area contributed by atoms with Gasteiger partial charge in [-0.15, -0.1) is 0 Å². The van der Waals surface area contributed by atoms with Gasteiger partial charge in [0.25, 0.3) is 5.91 Å². The van der Waals surface area contributed by atoms with Crippen molar-refractivity contribution >= 4 is 21.8 Å². The summed E-state index contributed by atoms with van der Waals surface area (Å²) < 4.78 is 16.0. The van der Waals surface area contributed by atoms with Crippen molar-refractivity contribution in [2.75, 3.05) is 47.6 Å².